The second kappa shape index (κ2) is 7.43. The van der Waals surface area contributed by atoms with Gasteiger partial charge in [0, 0.05) is 29.4 Å². The molecule has 8 nitrogen and oxygen atoms in total. The van der Waals surface area contributed by atoms with Crippen molar-refractivity contribution in [2.75, 3.05) is 0 Å². The molecule has 0 atom stereocenters. The number of hydrogen-bond donors (Lipinski definition) is 1. The van der Waals surface area contributed by atoms with Crippen molar-refractivity contribution in [3.63, 3.8) is 0 Å². The lowest BCUT2D eigenvalue weighted by Crippen LogP contribution is -2.17. The minimum absolute atomic E-state index is 0.0200. The third-order valence-corrected chi connectivity index (χ3v) is 4.39. The van der Waals surface area contributed by atoms with Crippen molar-refractivity contribution in [1.82, 2.24) is 9.99 Å². The maximum absolute atomic E-state index is 12.3. The first-order valence-corrected chi connectivity index (χ1v) is 8.77. The van der Waals surface area contributed by atoms with Gasteiger partial charge in [-0.25, -0.2) is 5.43 Å². The molecule has 4 rings (SSSR count). The van der Waals surface area contributed by atoms with Crippen LogP contribution in [0.3, 0.4) is 0 Å². The molecule has 2 heterocycles. The predicted octanol–water partition coefficient (Wildman–Crippen LogP) is 4.20. The van der Waals surface area contributed by atoms with Gasteiger partial charge in [0.1, 0.15) is 5.58 Å². The number of hydrogen-bond acceptors (Lipinski definition) is 5. The molecule has 2 aromatic heterocycles. The van der Waals surface area contributed by atoms with Crippen LogP contribution in [0.5, 0.6) is 0 Å². The largest absolute Gasteiger partial charge is 0.451 e. The van der Waals surface area contributed by atoms with Crippen molar-refractivity contribution in [1.29, 1.82) is 0 Å². The monoisotopic (exact) mass is 388 g/mol. The molecule has 144 valence electrons. The zero-order valence-corrected chi connectivity index (χ0v) is 15.4. The Kier molecular flexibility index (Phi) is 4.66. The second-order valence-electron chi connectivity index (χ2n) is 6.43. The van der Waals surface area contributed by atoms with E-state index in [4.69, 9.17) is 4.42 Å². The quantitative estimate of drug-likeness (QED) is 0.314. The van der Waals surface area contributed by atoms with E-state index in [-0.39, 0.29) is 11.4 Å². The number of nitro benzene ring substituents is 1. The molecule has 0 aliphatic heterocycles. The number of aryl methyl sites for hydroxylation is 1. The summed E-state index contributed by atoms with van der Waals surface area (Å²) in [5.74, 6) is -0.528. The SMILES string of the molecule is Cc1ccc(-n2cccc2/C=N\NC(=O)c2cc3cc([N+](=O)[O-])ccc3o2)cc1. The Morgan fingerprint density at radius 2 is 1.97 bits per heavy atom. The van der Waals surface area contributed by atoms with Crippen molar-refractivity contribution in [3.8, 4) is 5.69 Å². The van der Waals surface area contributed by atoms with E-state index in [2.05, 4.69) is 10.5 Å². The second-order valence-corrected chi connectivity index (χ2v) is 6.43. The summed E-state index contributed by atoms with van der Waals surface area (Å²) in [5, 5.41) is 15.3. The number of amides is 1. The highest BCUT2D eigenvalue weighted by atomic mass is 16.6. The van der Waals surface area contributed by atoms with Gasteiger partial charge in [-0.1, -0.05) is 17.7 Å². The number of nitro groups is 1. The van der Waals surface area contributed by atoms with Gasteiger partial charge in [-0.3, -0.25) is 14.9 Å². The van der Waals surface area contributed by atoms with E-state index in [0.717, 1.165) is 11.4 Å². The van der Waals surface area contributed by atoms with Crippen molar-refractivity contribution in [2.24, 2.45) is 5.10 Å². The van der Waals surface area contributed by atoms with Crippen LogP contribution in [-0.2, 0) is 0 Å². The van der Waals surface area contributed by atoms with E-state index in [1.54, 1.807) is 0 Å². The molecular weight excluding hydrogens is 372 g/mol. The Morgan fingerprint density at radius 1 is 1.17 bits per heavy atom. The van der Waals surface area contributed by atoms with E-state index in [1.807, 2.05) is 54.1 Å². The first-order valence-electron chi connectivity index (χ1n) is 8.77. The van der Waals surface area contributed by atoms with Gasteiger partial charge in [-0.15, -0.1) is 0 Å². The molecule has 0 spiro atoms. The number of aromatic nitrogens is 1. The third kappa shape index (κ3) is 3.77. The zero-order valence-electron chi connectivity index (χ0n) is 15.4. The topological polar surface area (TPSA) is 103 Å². The first-order chi connectivity index (χ1) is 14.0. The molecule has 1 amide bonds. The average molecular weight is 388 g/mol. The maximum atomic E-state index is 12.3. The fourth-order valence-electron chi connectivity index (χ4n) is 2.91. The third-order valence-electron chi connectivity index (χ3n) is 4.39. The first kappa shape index (κ1) is 18.2. The van der Waals surface area contributed by atoms with Crippen LogP contribution in [0.15, 0.2) is 76.4 Å². The number of carbonyl (C=O) groups is 1. The van der Waals surface area contributed by atoms with Crippen LogP contribution < -0.4 is 5.43 Å². The van der Waals surface area contributed by atoms with E-state index in [0.29, 0.717) is 11.0 Å². The smallest absolute Gasteiger partial charge is 0.307 e. The summed E-state index contributed by atoms with van der Waals surface area (Å²) in [5.41, 5.74) is 5.66. The Hall–Kier alpha value is -4.20. The van der Waals surface area contributed by atoms with Crippen molar-refractivity contribution in [3.05, 3.63) is 94.0 Å². The fraction of sp³-hybridized carbons (Fsp3) is 0.0476. The molecule has 0 saturated heterocycles. The van der Waals surface area contributed by atoms with Gasteiger partial charge < -0.3 is 8.98 Å². The molecule has 0 radical (unpaired) electrons. The predicted molar refractivity (Wildman–Crippen MR) is 108 cm³/mol. The van der Waals surface area contributed by atoms with Crippen LogP contribution in [0, 0.1) is 17.0 Å². The van der Waals surface area contributed by atoms with Gasteiger partial charge in [0.05, 0.1) is 16.8 Å². The molecule has 0 fully saturated rings. The van der Waals surface area contributed by atoms with Gasteiger partial charge in [-0.05, 0) is 43.3 Å². The Bertz CT molecular complexity index is 1240. The number of nitrogens with one attached hydrogen (secondary N) is 1. The molecule has 0 bridgehead atoms. The average Bonchev–Trinajstić information content (AvgIpc) is 3.34. The maximum Gasteiger partial charge on any atom is 0.307 e. The van der Waals surface area contributed by atoms with Gasteiger partial charge in [0.2, 0.25) is 0 Å². The van der Waals surface area contributed by atoms with Crippen LogP contribution in [-0.4, -0.2) is 21.6 Å². The Morgan fingerprint density at radius 3 is 2.72 bits per heavy atom. The number of benzene rings is 2. The van der Waals surface area contributed by atoms with Crippen molar-refractivity contribution in [2.45, 2.75) is 6.92 Å². The van der Waals surface area contributed by atoms with E-state index in [1.165, 1.54) is 36.0 Å². The summed E-state index contributed by atoms with van der Waals surface area (Å²) < 4.78 is 7.38. The highest BCUT2D eigenvalue weighted by Crippen LogP contribution is 2.24. The molecule has 29 heavy (non-hydrogen) atoms. The van der Waals surface area contributed by atoms with Gasteiger partial charge >= 0.3 is 5.91 Å². The molecule has 1 N–H and O–H groups in total. The van der Waals surface area contributed by atoms with E-state index in [9.17, 15) is 14.9 Å². The Labute approximate surface area is 165 Å². The van der Waals surface area contributed by atoms with Gasteiger partial charge in [0.25, 0.3) is 5.69 Å². The standard InChI is InChI=1S/C21H16N4O4/c1-14-4-6-16(7-5-14)24-10-2-3-18(24)13-22-23-21(26)20-12-15-11-17(25(27)28)8-9-19(15)29-20/h2-13H,1H3,(H,23,26)/b22-13-. The van der Waals surface area contributed by atoms with E-state index < -0.39 is 10.8 Å². The summed E-state index contributed by atoms with van der Waals surface area (Å²) in [7, 11) is 0. The molecule has 2 aromatic carbocycles. The Balaban J connectivity index is 1.49. The molecule has 0 aliphatic carbocycles. The number of fused-ring (bicyclic) bond motifs is 1. The number of hydrazone groups is 1. The number of carbonyl (C=O) groups excluding carboxylic acids is 1. The number of rotatable bonds is 5. The highest BCUT2D eigenvalue weighted by molar-refractivity contribution is 5.96. The van der Waals surface area contributed by atoms with Crippen molar-refractivity contribution >= 4 is 28.8 Å². The molecule has 0 aliphatic rings. The molecule has 0 saturated carbocycles. The van der Waals surface area contributed by atoms with Crippen LogP contribution in [0.4, 0.5) is 5.69 Å². The van der Waals surface area contributed by atoms with Gasteiger partial charge in [0.15, 0.2) is 5.76 Å². The normalized spacial score (nSPS) is 11.2. The number of non-ortho nitro benzene ring substituents is 1. The van der Waals surface area contributed by atoms with Gasteiger partial charge in [-0.2, -0.15) is 5.10 Å². The number of nitrogens with zero attached hydrogens (tertiary/aromatic N) is 3. The summed E-state index contributed by atoms with van der Waals surface area (Å²) >= 11 is 0. The van der Waals surface area contributed by atoms with Crippen molar-refractivity contribution < 1.29 is 14.1 Å². The summed E-state index contributed by atoms with van der Waals surface area (Å²) in [6, 6.07) is 17.4. The minimum Gasteiger partial charge on any atom is -0.451 e. The lowest BCUT2D eigenvalue weighted by molar-refractivity contribution is -0.384. The minimum atomic E-state index is -0.548. The fourth-order valence-corrected chi connectivity index (χ4v) is 2.91. The summed E-state index contributed by atoms with van der Waals surface area (Å²) in [6.07, 6.45) is 3.44. The zero-order chi connectivity index (χ0) is 20.4. The summed E-state index contributed by atoms with van der Waals surface area (Å²) in [6.45, 7) is 2.02. The molecular formula is C21H16N4O4. The highest BCUT2D eigenvalue weighted by Gasteiger charge is 2.14. The van der Waals surface area contributed by atoms with Crippen LogP contribution >= 0.6 is 0 Å². The lowest BCUT2D eigenvalue weighted by atomic mass is 10.2. The molecule has 8 heteroatoms. The van der Waals surface area contributed by atoms with Crippen LogP contribution in [0.25, 0.3) is 16.7 Å². The lowest BCUT2D eigenvalue weighted by Gasteiger charge is -2.06. The van der Waals surface area contributed by atoms with Crippen LogP contribution in [0.2, 0.25) is 0 Å². The molecule has 4 aromatic rings. The van der Waals surface area contributed by atoms with E-state index >= 15 is 0 Å². The molecule has 0 unspecified atom stereocenters. The number of furan rings is 1. The van der Waals surface area contributed by atoms with Crippen LogP contribution in [0.1, 0.15) is 21.8 Å². The summed E-state index contributed by atoms with van der Waals surface area (Å²) in [4.78, 5) is 22.7.